The number of hydrogen-bond donors (Lipinski definition) is 3. The summed E-state index contributed by atoms with van der Waals surface area (Å²) in [5, 5.41) is 1.13. The average Bonchev–Trinajstić information content (AvgIpc) is 2.49. The van der Waals surface area contributed by atoms with E-state index in [2.05, 4.69) is 11.1 Å². The lowest BCUT2D eigenvalue weighted by Crippen LogP contribution is -2.02. The van der Waals surface area contributed by atoms with Crippen molar-refractivity contribution in [2.45, 2.75) is 13.3 Å². The van der Waals surface area contributed by atoms with Crippen LogP contribution in [0.5, 0.6) is 0 Å². The molecule has 0 spiro atoms. The van der Waals surface area contributed by atoms with Crippen LogP contribution in [-0.2, 0) is 6.42 Å². The van der Waals surface area contributed by atoms with Gasteiger partial charge in [-0.1, -0.05) is 0 Å². The van der Waals surface area contributed by atoms with Crippen LogP contribution in [0.1, 0.15) is 11.1 Å². The van der Waals surface area contributed by atoms with E-state index in [1.54, 1.807) is 0 Å². The molecule has 0 atom stereocenters. The predicted molar refractivity (Wildman–Crippen MR) is 60.2 cm³/mol. The zero-order valence-corrected chi connectivity index (χ0v) is 8.30. The summed E-state index contributed by atoms with van der Waals surface area (Å²) in [6.45, 7) is 2.69. The molecule has 0 unspecified atom stereocenters. The van der Waals surface area contributed by atoms with Crippen molar-refractivity contribution in [1.29, 1.82) is 0 Å². The van der Waals surface area contributed by atoms with Gasteiger partial charge in [0.05, 0.1) is 0 Å². The lowest BCUT2D eigenvalue weighted by Gasteiger charge is -2.02. The number of hydrogen-bond acceptors (Lipinski definition) is 2. The van der Waals surface area contributed by atoms with Crippen molar-refractivity contribution in [1.82, 2.24) is 4.98 Å². The van der Waals surface area contributed by atoms with Gasteiger partial charge >= 0.3 is 0 Å². The molecular formula is C11H15N3. The highest BCUT2D eigenvalue weighted by Crippen LogP contribution is 2.26. The molecule has 0 amide bonds. The Kier molecular flexibility index (Phi) is 2.17. The molecule has 1 aromatic carbocycles. The SMILES string of the molecule is Cc1cc(N)c2c(CCN)c[nH]c2c1. The van der Waals surface area contributed by atoms with Crippen LogP contribution in [0.15, 0.2) is 18.3 Å². The van der Waals surface area contributed by atoms with Crippen LogP contribution in [0.4, 0.5) is 5.69 Å². The second kappa shape index (κ2) is 3.35. The summed E-state index contributed by atoms with van der Waals surface area (Å²) in [4.78, 5) is 3.22. The summed E-state index contributed by atoms with van der Waals surface area (Å²) in [5.74, 6) is 0. The molecule has 2 rings (SSSR count). The van der Waals surface area contributed by atoms with Crippen LogP contribution >= 0.6 is 0 Å². The highest BCUT2D eigenvalue weighted by atomic mass is 14.7. The van der Waals surface area contributed by atoms with E-state index >= 15 is 0 Å². The number of fused-ring (bicyclic) bond motifs is 1. The van der Waals surface area contributed by atoms with Crippen LogP contribution < -0.4 is 11.5 Å². The van der Waals surface area contributed by atoms with E-state index in [-0.39, 0.29) is 0 Å². The first-order valence-corrected chi connectivity index (χ1v) is 4.78. The summed E-state index contributed by atoms with van der Waals surface area (Å²) in [5.41, 5.74) is 15.8. The molecule has 0 aliphatic heterocycles. The Morgan fingerprint density at radius 1 is 1.36 bits per heavy atom. The average molecular weight is 189 g/mol. The van der Waals surface area contributed by atoms with Crippen LogP contribution in [0.2, 0.25) is 0 Å². The third kappa shape index (κ3) is 1.36. The number of benzene rings is 1. The molecule has 0 saturated heterocycles. The number of H-pyrrole nitrogens is 1. The highest BCUT2D eigenvalue weighted by molar-refractivity contribution is 5.94. The zero-order chi connectivity index (χ0) is 10.1. The number of nitrogen functional groups attached to an aromatic ring is 1. The van der Waals surface area contributed by atoms with E-state index in [9.17, 15) is 0 Å². The molecule has 1 aromatic heterocycles. The number of aromatic amines is 1. The summed E-state index contributed by atoms with van der Waals surface area (Å²) in [7, 11) is 0. The molecule has 0 bridgehead atoms. The maximum atomic E-state index is 5.97. The molecule has 1 heterocycles. The third-order valence-corrected chi connectivity index (χ3v) is 2.45. The minimum Gasteiger partial charge on any atom is -0.398 e. The Hall–Kier alpha value is -1.48. The normalized spacial score (nSPS) is 11.0. The number of aromatic nitrogens is 1. The van der Waals surface area contributed by atoms with Crippen LogP contribution in [-0.4, -0.2) is 11.5 Å². The van der Waals surface area contributed by atoms with Crippen molar-refractivity contribution in [3.8, 4) is 0 Å². The quantitative estimate of drug-likeness (QED) is 0.627. The fourth-order valence-corrected chi connectivity index (χ4v) is 1.88. The van der Waals surface area contributed by atoms with Gasteiger partial charge < -0.3 is 16.5 Å². The van der Waals surface area contributed by atoms with Crippen molar-refractivity contribution < 1.29 is 0 Å². The number of anilines is 1. The molecule has 3 heteroatoms. The van der Waals surface area contributed by atoms with Crippen molar-refractivity contribution in [3.63, 3.8) is 0 Å². The van der Waals surface area contributed by atoms with Gasteiger partial charge in [-0.3, -0.25) is 0 Å². The molecule has 3 nitrogen and oxygen atoms in total. The van der Waals surface area contributed by atoms with E-state index in [4.69, 9.17) is 11.5 Å². The topological polar surface area (TPSA) is 67.8 Å². The first-order valence-electron chi connectivity index (χ1n) is 4.78. The fraction of sp³-hybridized carbons (Fsp3) is 0.273. The van der Waals surface area contributed by atoms with E-state index < -0.39 is 0 Å². The van der Waals surface area contributed by atoms with Crippen LogP contribution in [0, 0.1) is 6.92 Å². The van der Waals surface area contributed by atoms with Gasteiger partial charge in [0.15, 0.2) is 0 Å². The van der Waals surface area contributed by atoms with Gasteiger partial charge in [-0.05, 0) is 43.1 Å². The Bertz CT molecular complexity index is 457. The fourth-order valence-electron chi connectivity index (χ4n) is 1.88. The van der Waals surface area contributed by atoms with Crippen LogP contribution in [0.3, 0.4) is 0 Å². The predicted octanol–water partition coefficient (Wildman–Crippen LogP) is 1.56. The maximum Gasteiger partial charge on any atom is 0.0480 e. The zero-order valence-electron chi connectivity index (χ0n) is 8.30. The summed E-state index contributed by atoms with van der Waals surface area (Å²) in [6.07, 6.45) is 2.86. The summed E-state index contributed by atoms with van der Waals surface area (Å²) < 4.78 is 0. The highest BCUT2D eigenvalue weighted by Gasteiger charge is 2.06. The van der Waals surface area contributed by atoms with Gasteiger partial charge in [0.1, 0.15) is 0 Å². The van der Waals surface area contributed by atoms with Gasteiger partial charge in [0, 0.05) is 22.8 Å². The number of nitrogens with one attached hydrogen (secondary N) is 1. The molecule has 74 valence electrons. The molecule has 0 fully saturated rings. The third-order valence-electron chi connectivity index (χ3n) is 2.45. The molecular weight excluding hydrogens is 174 g/mol. The van der Waals surface area contributed by atoms with Crippen molar-refractivity contribution in [3.05, 3.63) is 29.5 Å². The molecule has 14 heavy (non-hydrogen) atoms. The van der Waals surface area contributed by atoms with E-state index in [0.29, 0.717) is 6.54 Å². The summed E-state index contributed by atoms with van der Waals surface area (Å²) >= 11 is 0. The Morgan fingerprint density at radius 3 is 2.86 bits per heavy atom. The minimum absolute atomic E-state index is 0.653. The van der Waals surface area contributed by atoms with Crippen molar-refractivity contribution in [2.75, 3.05) is 12.3 Å². The Morgan fingerprint density at radius 2 is 2.14 bits per heavy atom. The van der Waals surface area contributed by atoms with Crippen molar-refractivity contribution in [2.24, 2.45) is 5.73 Å². The van der Waals surface area contributed by atoms with E-state index in [1.165, 1.54) is 11.1 Å². The second-order valence-electron chi connectivity index (χ2n) is 3.63. The smallest absolute Gasteiger partial charge is 0.0480 e. The largest absolute Gasteiger partial charge is 0.398 e. The monoisotopic (exact) mass is 189 g/mol. The van der Waals surface area contributed by atoms with Crippen LogP contribution in [0.25, 0.3) is 10.9 Å². The maximum absolute atomic E-state index is 5.97. The van der Waals surface area contributed by atoms with Gasteiger partial charge in [0.2, 0.25) is 0 Å². The van der Waals surface area contributed by atoms with Gasteiger partial charge in [-0.2, -0.15) is 0 Å². The van der Waals surface area contributed by atoms with E-state index in [1.807, 2.05) is 19.2 Å². The molecule has 0 saturated carbocycles. The van der Waals surface area contributed by atoms with Gasteiger partial charge in [-0.25, -0.2) is 0 Å². The van der Waals surface area contributed by atoms with Crippen molar-refractivity contribution >= 4 is 16.6 Å². The Labute approximate surface area is 83.1 Å². The molecule has 0 aliphatic rings. The second-order valence-corrected chi connectivity index (χ2v) is 3.63. The minimum atomic E-state index is 0.653. The first kappa shape index (κ1) is 9.09. The number of rotatable bonds is 2. The van der Waals surface area contributed by atoms with Gasteiger partial charge in [0.25, 0.3) is 0 Å². The Balaban J connectivity index is 2.66. The molecule has 0 radical (unpaired) electrons. The van der Waals surface area contributed by atoms with Gasteiger partial charge in [-0.15, -0.1) is 0 Å². The lowest BCUT2D eigenvalue weighted by atomic mass is 10.1. The first-order chi connectivity index (χ1) is 6.72. The molecule has 2 aromatic rings. The standard InChI is InChI=1S/C11H15N3/c1-7-4-9(13)11-8(2-3-12)6-14-10(11)5-7/h4-6,14H,2-3,12-13H2,1H3. The lowest BCUT2D eigenvalue weighted by molar-refractivity contribution is 0.976. The van der Waals surface area contributed by atoms with E-state index in [0.717, 1.165) is 23.0 Å². The summed E-state index contributed by atoms with van der Waals surface area (Å²) in [6, 6.07) is 4.10. The molecule has 0 aliphatic carbocycles. The number of nitrogens with two attached hydrogens (primary N) is 2. The molecule has 5 N–H and O–H groups in total. The number of aryl methyl sites for hydroxylation is 1.